The summed E-state index contributed by atoms with van der Waals surface area (Å²) in [6, 6.07) is 15.0. The molecule has 0 spiro atoms. The fourth-order valence-corrected chi connectivity index (χ4v) is 2.17. The van der Waals surface area contributed by atoms with Gasteiger partial charge in [0.1, 0.15) is 6.61 Å². The third-order valence-corrected chi connectivity index (χ3v) is 3.52. The summed E-state index contributed by atoms with van der Waals surface area (Å²) in [5.41, 5.74) is 1.92. The number of halogens is 1. The van der Waals surface area contributed by atoms with Crippen LogP contribution in [0.3, 0.4) is 0 Å². The van der Waals surface area contributed by atoms with Crippen LogP contribution in [0, 0.1) is 0 Å². The van der Waals surface area contributed by atoms with Gasteiger partial charge in [0.2, 0.25) is 0 Å². The Labute approximate surface area is 164 Å². The Morgan fingerprint density at radius 1 is 0.963 bits per heavy atom. The lowest BCUT2D eigenvalue weighted by Gasteiger charge is -2.13. The molecule has 0 aliphatic carbocycles. The number of rotatable bonds is 7. The van der Waals surface area contributed by atoms with Gasteiger partial charge < -0.3 is 24.8 Å². The molecule has 2 N–H and O–H groups in total. The topological polar surface area (TPSA) is 85.9 Å². The van der Waals surface area contributed by atoms with Crippen LogP contribution in [-0.2, 0) is 17.8 Å². The highest BCUT2D eigenvalue weighted by Crippen LogP contribution is 2.29. The van der Waals surface area contributed by atoms with E-state index in [9.17, 15) is 9.59 Å². The minimum Gasteiger partial charge on any atom is -0.485 e. The summed E-state index contributed by atoms with van der Waals surface area (Å²) >= 11 is 0. The summed E-state index contributed by atoms with van der Waals surface area (Å²) in [5, 5.41) is 5.02. The second-order valence-electron chi connectivity index (χ2n) is 5.36. The van der Waals surface area contributed by atoms with Gasteiger partial charge in [-0.3, -0.25) is 0 Å². The predicted molar refractivity (Wildman–Crippen MR) is 104 cm³/mol. The van der Waals surface area contributed by atoms with Crippen LogP contribution in [0.25, 0.3) is 0 Å². The number of carbonyl (C=O) groups is 2. The van der Waals surface area contributed by atoms with Crippen molar-refractivity contribution in [2.45, 2.75) is 13.0 Å². The zero-order valence-electron chi connectivity index (χ0n) is 15.2. The number of alkyl carbamates (subject to hydrolysis) is 1. The summed E-state index contributed by atoms with van der Waals surface area (Å²) < 4.78 is 15.6. The van der Waals surface area contributed by atoms with E-state index in [-0.39, 0.29) is 12.4 Å². The summed E-state index contributed by atoms with van der Waals surface area (Å²) in [6.07, 6.45) is -0.475. The standard InChI is InChI=1S/C19H22N2O5.ClH/c1-20-18(22)26-16-9-8-14(10-11-21-19(23)24-2)12-17(16)25-13-15-6-4-3-5-7-15;/h3-9,12H,10-11,13H2,1-2H3,(H,20,22)(H,21,23);1H. The molecular weight excluding hydrogens is 372 g/mol. The van der Waals surface area contributed by atoms with Crippen LogP contribution < -0.4 is 20.1 Å². The van der Waals surface area contributed by atoms with E-state index in [1.165, 1.54) is 14.2 Å². The van der Waals surface area contributed by atoms with Crippen LogP contribution in [0.15, 0.2) is 48.5 Å². The number of amides is 2. The van der Waals surface area contributed by atoms with Crippen molar-refractivity contribution < 1.29 is 23.8 Å². The number of carbonyl (C=O) groups excluding carboxylic acids is 2. The fraction of sp³-hybridized carbons (Fsp3) is 0.263. The molecule has 0 fully saturated rings. The van der Waals surface area contributed by atoms with E-state index in [2.05, 4.69) is 15.4 Å². The minimum absolute atomic E-state index is 0. The van der Waals surface area contributed by atoms with Crippen molar-refractivity contribution >= 4 is 24.6 Å². The number of hydrogen-bond acceptors (Lipinski definition) is 5. The lowest BCUT2D eigenvalue weighted by Crippen LogP contribution is -2.25. The molecule has 0 bridgehead atoms. The molecule has 0 unspecified atom stereocenters. The van der Waals surface area contributed by atoms with Gasteiger partial charge in [0.25, 0.3) is 0 Å². The molecule has 8 heteroatoms. The van der Waals surface area contributed by atoms with E-state index in [4.69, 9.17) is 9.47 Å². The highest BCUT2D eigenvalue weighted by molar-refractivity contribution is 5.85. The van der Waals surface area contributed by atoms with E-state index >= 15 is 0 Å². The van der Waals surface area contributed by atoms with E-state index in [1.54, 1.807) is 12.1 Å². The van der Waals surface area contributed by atoms with Crippen molar-refractivity contribution in [1.29, 1.82) is 0 Å². The highest BCUT2D eigenvalue weighted by atomic mass is 35.5. The van der Waals surface area contributed by atoms with E-state index < -0.39 is 12.2 Å². The second-order valence-corrected chi connectivity index (χ2v) is 5.36. The largest absolute Gasteiger partial charge is 0.485 e. The van der Waals surface area contributed by atoms with Crippen molar-refractivity contribution in [3.63, 3.8) is 0 Å². The van der Waals surface area contributed by atoms with Crippen molar-refractivity contribution in [3.05, 3.63) is 59.7 Å². The molecule has 7 nitrogen and oxygen atoms in total. The molecule has 0 aliphatic heterocycles. The van der Waals surface area contributed by atoms with Crippen molar-refractivity contribution in [3.8, 4) is 11.5 Å². The first kappa shape index (κ1) is 22.1. The van der Waals surface area contributed by atoms with Gasteiger partial charge in [-0.2, -0.15) is 0 Å². The predicted octanol–water partition coefficient (Wildman–Crippen LogP) is 3.30. The summed E-state index contributed by atoms with van der Waals surface area (Å²) in [7, 11) is 2.80. The minimum atomic E-state index is -0.574. The van der Waals surface area contributed by atoms with E-state index in [0.29, 0.717) is 31.1 Å². The Morgan fingerprint density at radius 3 is 2.37 bits per heavy atom. The summed E-state index contributed by atoms with van der Waals surface area (Å²) in [6.45, 7) is 0.759. The third-order valence-electron chi connectivity index (χ3n) is 3.52. The van der Waals surface area contributed by atoms with Crippen LogP contribution >= 0.6 is 12.4 Å². The molecular formula is C19H23ClN2O5. The average Bonchev–Trinajstić information content (AvgIpc) is 2.68. The molecule has 2 aromatic carbocycles. The first-order chi connectivity index (χ1) is 12.6. The van der Waals surface area contributed by atoms with E-state index in [0.717, 1.165) is 11.1 Å². The molecule has 0 saturated carbocycles. The molecule has 0 aliphatic rings. The van der Waals surface area contributed by atoms with Crippen molar-refractivity contribution in [1.82, 2.24) is 10.6 Å². The number of benzene rings is 2. The third kappa shape index (κ3) is 7.45. The zero-order chi connectivity index (χ0) is 18.8. The maximum absolute atomic E-state index is 11.5. The monoisotopic (exact) mass is 394 g/mol. The lowest BCUT2D eigenvalue weighted by atomic mass is 10.1. The summed E-state index contributed by atoms with van der Waals surface area (Å²) in [5.74, 6) is 0.776. The molecule has 27 heavy (non-hydrogen) atoms. The second kappa shape index (κ2) is 11.6. The van der Waals surface area contributed by atoms with Crippen LogP contribution in [0.1, 0.15) is 11.1 Å². The summed E-state index contributed by atoms with van der Waals surface area (Å²) in [4.78, 5) is 22.6. The van der Waals surface area contributed by atoms with Crippen LogP contribution in [0.5, 0.6) is 11.5 Å². The Bertz CT molecular complexity index is 740. The number of methoxy groups -OCH3 is 1. The van der Waals surface area contributed by atoms with Gasteiger partial charge in [0, 0.05) is 13.6 Å². The van der Waals surface area contributed by atoms with Crippen LogP contribution in [0.2, 0.25) is 0 Å². The molecule has 0 atom stereocenters. The fourth-order valence-electron chi connectivity index (χ4n) is 2.17. The molecule has 0 radical (unpaired) electrons. The number of hydrogen-bond donors (Lipinski definition) is 2. The Balaban J connectivity index is 0.00000364. The lowest BCUT2D eigenvalue weighted by molar-refractivity contribution is 0.171. The molecule has 2 amide bonds. The van der Waals surface area contributed by atoms with Gasteiger partial charge in [0.05, 0.1) is 7.11 Å². The smallest absolute Gasteiger partial charge is 0.412 e. The van der Waals surface area contributed by atoms with E-state index in [1.807, 2.05) is 36.4 Å². The van der Waals surface area contributed by atoms with Gasteiger partial charge in [-0.15, -0.1) is 12.4 Å². The Hall–Kier alpha value is -2.93. The zero-order valence-corrected chi connectivity index (χ0v) is 16.0. The van der Waals surface area contributed by atoms with Crippen LogP contribution in [0.4, 0.5) is 9.59 Å². The Morgan fingerprint density at radius 2 is 1.70 bits per heavy atom. The molecule has 146 valence electrons. The highest BCUT2D eigenvalue weighted by Gasteiger charge is 2.11. The van der Waals surface area contributed by atoms with Crippen molar-refractivity contribution in [2.24, 2.45) is 0 Å². The molecule has 0 heterocycles. The first-order valence-corrected chi connectivity index (χ1v) is 8.13. The van der Waals surface area contributed by atoms with Crippen molar-refractivity contribution in [2.75, 3.05) is 20.7 Å². The number of ether oxygens (including phenoxy) is 3. The molecule has 2 rings (SSSR count). The SMILES string of the molecule is CNC(=O)Oc1ccc(CCNC(=O)OC)cc1OCc1ccccc1.Cl. The van der Waals surface area contributed by atoms with Gasteiger partial charge in [-0.05, 0) is 29.7 Å². The quantitative estimate of drug-likeness (QED) is 0.752. The van der Waals surface area contributed by atoms with Crippen LogP contribution in [-0.4, -0.2) is 32.9 Å². The molecule has 2 aromatic rings. The normalized spacial score (nSPS) is 9.56. The Kier molecular flexibility index (Phi) is 9.53. The first-order valence-electron chi connectivity index (χ1n) is 8.13. The van der Waals surface area contributed by atoms with Gasteiger partial charge in [-0.25, -0.2) is 9.59 Å². The molecule has 0 aromatic heterocycles. The van der Waals surface area contributed by atoms with Gasteiger partial charge in [-0.1, -0.05) is 36.4 Å². The molecule has 0 saturated heterocycles. The number of nitrogens with one attached hydrogen (secondary N) is 2. The maximum Gasteiger partial charge on any atom is 0.412 e. The maximum atomic E-state index is 11.5. The average molecular weight is 395 g/mol. The van der Waals surface area contributed by atoms with Gasteiger partial charge >= 0.3 is 12.2 Å². The van der Waals surface area contributed by atoms with Gasteiger partial charge in [0.15, 0.2) is 11.5 Å².